The van der Waals surface area contributed by atoms with Crippen molar-refractivity contribution in [1.29, 1.82) is 0 Å². The van der Waals surface area contributed by atoms with E-state index in [9.17, 15) is 9.59 Å². The highest BCUT2D eigenvalue weighted by atomic mass is 16.6. The first kappa shape index (κ1) is 30.0. The first-order chi connectivity index (χ1) is 20.5. The lowest BCUT2D eigenvalue weighted by atomic mass is 9.96. The van der Waals surface area contributed by atoms with Gasteiger partial charge in [0.05, 0.1) is 17.4 Å². The molecule has 5 rings (SSSR count). The van der Waals surface area contributed by atoms with Gasteiger partial charge in [0.25, 0.3) is 5.91 Å². The topological polar surface area (TPSA) is 97.3 Å². The summed E-state index contributed by atoms with van der Waals surface area (Å²) in [6.45, 7) is 10.7. The van der Waals surface area contributed by atoms with Crippen molar-refractivity contribution in [1.82, 2.24) is 20.4 Å². The molecule has 8 nitrogen and oxygen atoms in total. The van der Waals surface area contributed by atoms with Gasteiger partial charge in [0.1, 0.15) is 11.3 Å². The summed E-state index contributed by atoms with van der Waals surface area (Å²) < 4.78 is 6.98. The zero-order chi connectivity index (χ0) is 30.6. The summed E-state index contributed by atoms with van der Waals surface area (Å²) in [6.07, 6.45) is 2.07. The molecular weight excluding hydrogens is 538 g/mol. The highest BCUT2D eigenvalue weighted by Gasteiger charge is 2.24. The Morgan fingerprint density at radius 2 is 1.67 bits per heavy atom. The summed E-state index contributed by atoms with van der Waals surface area (Å²) in [5, 5.41) is 14.2. The minimum atomic E-state index is -0.574. The lowest BCUT2D eigenvalue weighted by Gasteiger charge is -2.21. The van der Waals surface area contributed by atoms with E-state index >= 15 is 0 Å². The molecule has 8 heteroatoms. The number of carbonyl (C=O) groups excluding carboxylic acids is 2. The highest BCUT2D eigenvalue weighted by molar-refractivity contribution is 6.03. The van der Waals surface area contributed by atoms with Crippen molar-refractivity contribution in [3.8, 4) is 5.69 Å². The van der Waals surface area contributed by atoms with Crippen LogP contribution in [0, 0.1) is 19.8 Å². The molecule has 0 aliphatic heterocycles. The largest absolute Gasteiger partial charge is 0.444 e. The Bertz CT molecular complexity index is 1600. The van der Waals surface area contributed by atoms with E-state index in [1.165, 1.54) is 24.0 Å². The average molecular weight is 580 g/mol. The Morgan fingerprint density at radius 3 is 2.40 bits per heavy atom. The summed E-state index contributed by atoms with van der Waals surface area (Å²) >= 11 is 0. The molecule has 1 atom stereocenters. The third-order valence-electron chi connectivity index (χ3n) is 7.22. The van der Waals surface area contributed by atoms with Crippen LogP contribution in [0.4, 0.5) is 10.5 Å². The number of rotatable bonds is 10. The lowest BCUT2D eigenvalue weighted by Crippen LogP contribution is -2.32. The van der Waals surface area contributed by atoms with Gasteiger partial charge in [0.2, 0.25) is 0 Å². The molecule has 1 aliphatic rings. The molecule has 1 aromatic heterocycles. The quantitative estimate of drug-likeness (QED) is 0.191. The number of alkyl carbamates (subject to hydrolysis) is 1. The van der Waals surface area contributed by atoms with Crippen LogP contribution in [0.15, 0.2) is 78.9 Å². The molecule has 43 heavy (non-hydrogen) atoms. The van der Waals surface area contributed by atoms with Crippen LogP contribution in [-0.2, 0) is 11.3 Å². The van der Waals surface area contributed by atoms with Gasteiger partial charge in [-0.05, 0) is 107 Å². The number of aromatic nitrogens is 2. The van der Waals surface area contributed by atoms with Crippen LogP contribution in [0.2, 0.25) is 0 Å². The molecule has 1 fully saturated rings. The standard InChI is InChI=1S/C35H41N5O3/c1-23-9-6-11-27(17-23)32(36-21-25-15-16-25)28-12-8-13-29(20-28)38-33(41)31-18-24(2)39-40(31)30-14-7-10-26(19-30)22-37-34(42)43-35(3,4)5/h6-14,17-20,25,32,36H,15-16,21-22H2,1-5H3,(H,37,42)(H,38,41). The highest BCUT2D eigenvalue weighted by Crippen LogP contribution is 2.31. The Kier molecular flexibility index (Phi) is 8.97. The van der Waals surface area contributed by atoms with Crippen LogP contribution in [0.25, 0.3) is 5.69 Å². The average Bonchev–Trinajstić information content (AvgIpc) is 3.70. The van der Waals surface area contributed by atoms with Gasteiger partial charge in [-0.1, -0.05) is 54.1 Å². The maximum Gasteiger partial charge on any atom is 0.407 e. The molecule has 0 radical (unpaired) electrons. The summed E-state index contributed by atoms with van der Waals surface area (Å²) in [6, 6.07) is 26.0. The van der Waals surface area contributed by atoms with E-state index in [1.807, 2.05) is 70.2 Å². The second-order valence-corrected chi connectivity index (χ2v) is 12.4. The van der Waals surface area contributed by atoms with E-state index < -0.39 is 11.7 Å². The van der Waals surface area contributed by atoms with E-state index in [-0.39, 0.29) is 18.5 Å². The van der Waals surface area contributed by atoms with Gasteiger partial charge in [-0.25, -0.2) is 9.48 Å². The van der Waals surface area contributed by atoms with Crippen molar-refractivity contribution in [2.45, 2.75) is 65.6 Å². The fraction of sp³-hybridized carbons (Fsp3) is 0.343. The van der Waals surface area contributed by atoms with E-state index in [2.05, 4.69) is 58.3 Å². The number of anilines is 1. The second kappa shape index (κ2) is 12.8. The summed E-state index contributed by atoms with van der Waals surface area (Å²) in [7, 11) is 0. The zero-order valence-electron chi connectivity index (χ0n) is 25.6. The fourth-order valence-corrected chi connectivity index (χ4v) is 5.02. The van der Waals surface area contributed by atoms with Crippen LogP contribution in [0.1, 0.15) is 78.1 Å². The third kappa shape index (κ3) is 8.32. The van der Waals surface area contributed by atoms with Gasteiger partial charge in [-0.15, -0.1) is 0 Å². The van der Waals surface area contributed by atoms with Crippen molar-refractivity contribution in [3.63, 3.8) is 0 Å². The Balaban J connectivity index is 1.33. The molecule has 4 aromatic rings. The smallest absolute Gasteiger partial charge is 0.407 e. The van der Waals surface area contributed by atoms with Crippen LogP contribution in [-0.4, -0.2) is 33.9 Å². The molecule has 1 unspecified atom stereocenters. The van der Waals surface area contributed by atoms with Crippen molar-refractivity contribution in [2.24, 2.45) is 5.92 Å². The van der Waals surface area contributed by atoms with Crippen LogP contribution < -0.4 is 16.0 Å². The van der Waals surface area contributed by atoms with Gasteiger partial charge in [0, 0.05) is 12.2 Å². The van der Waals surface area contributed by atoms with Crippen molar-refractivity contribution in [3.05, 3.63) is 113 Å². The molecule has 2 amide bonds. The Labute approximate surface area is 253 Å². The molecule has 1 saturated carbocycles. The minimum Gasteiger partial charge on any atom is -0.444 e. The molecule has 3 aromatic carbocycles. The monoisotopic (exact) mass is 579 g/mol. The van der Waals surface area contributed by atoms with Crippen molar-refractivity contribution in [2.75, 3.05) is 11.9 Å². The van der Waals surface area contributed by atoms with Gasteiger partial charge in [-0.2, -0.15) is 5.10 Å². The van der Waals surface area contributed by atoms with Crippen LogP contribution in [0.3, 0.4) is 0 Å². The van der Waals surface area contributed by atoms with E-state index in [1.54, 1.807) is 10.7 Å². The number of hydrogen-bond donors (Lipinski definition) is 3. The fourth-order valence-electron chi connectivity index (χ4n) is 5.02. The van der Waals surface area contributed by atoms with E-state index in [0.29, 0.717) is 11.4 Å². The third-order valence-corrected chi connectivity index (χ3v) is 7.22. The number of nitrogens with zero attached hydrogens (tertiary/aromatic N) is 2. The molecule has 1 aliphatic carbocycles. The number of benzene rings is 3. The van der Waals surface area contributed by atoms with E-state index in [0.717, 1.165) is 35.0 Å². The Morgan fingerprint density at radius 1 is 0.953 bits per heavy atom. The normalized spacial score (nSPS) is 13.8. The summed E-state index contributed by atoms with van der Waals surface area (Å²) in [5.74, 6) is 0.485. The first-order valence-corrected chi connectivity index (χ1v) is 14.9. The number of amides is 2. The molecule has 3 N–H and O–H groups in total. The molecule has 224 valence electrons. The molecular formula is C35H41N5O3. The predicted molar refractivity (Wildman–Crippen MR) is 170 cm³/mol. The van der Waals surface area contributed by atoms with Crippen LogP contribution >= 0.6 is 0 Å². The molecule has 0 bridgehead atoms. The maximum absolute atomic E-state index is 13.6. The summed E-state index contributed by atoms with van der Waals surface area (Å²) in [4.78, 5) is 25.7. The van der Waals surface area contributed by atoms with Gasteiger partial charge < -0.3 is 20.7 Å². The minimum absolute atomic E-state index is 0.0298. The van der Waals surface area contributed by atoms with E-state index in [4.69, 9.17) is 4.74 Å². The molecule has 0 spiro atoms. The summed E-state index contributed by atoms with van der Waals surface area (Å²) in [5.41, 5.74) is 6.38. The van der Waals surface area contributed by atoms with Gasteiger partial charge >= 0.3 is 6.09 Å². The number of nitrogens with one attached hydrogen (secondary N) is 3. The number of ether oxygens (including phenoxy) is 1. The van der Waals surface area contributed by atoms with Crippen molar-refractivity contribution < 1.29 is 14.3 Å². The maximum atomic E-state index is 13.6. The lowest BCUT2D eigenvalue weighted by molar-refractivity contribution is 0.0523. The second-order valence-electron chi connectivity index (χ2n) is 12.4. The van der Waals surface area contributed by atoms with Crippen LogP contribution in [0.5, 0.6) is 0 Å². The first-order valence-electron chi connectivity index (χ1n) is 14.9. The number of aryl methyl sites for hydroxylation is 2. The van der Waals surface area contributed by atoms with Gasteiger partial charge in [-0.3, -0.25) is 4.79 Å². The zero-order valence-corrected chi connectivity index (χ0v) is 25.6. The van der Waals surface area contributed by atoms with Gasteiger partial charge in [0.15, 0.2) is 0 Å². The number of carbonyl (C=O) groups is 2. The number of hydrogen-bond acceptors (Lipinski definition) is 5. The predicted octanol–water partition coefficient (Wildman–Crippen LogP) is 6.86. The Hall–Kier alpha value is -4.43. The molecule has 0 saturated heterocycles. The SMILES string of the molecule is Cc1cccc(C(NCC2CC2)c2cccc(NC(=O)c3cc(C)nn3-c3cccc(CNC(=O)OC(C)(C)C)c3)c2)c1. The molecule has 1 heterocycles. The van der Waals surface area contributed by atoms with Crippen molar-refractivity contribution >= 4 is 17.7 Å².